The van der Waals surface area contributed by atoms with Gasteiger partial charge in [0.05, 0.1) is 17.3 Å². The third kappa shape index (κ3) is 4.85. The fraction of sp³-hybridized carbons (Fsp3) is 0.524. The number of rotatable bonds is 7. The van der Waals surface area contributed by atoms with Crippen molar-refractivity contribution in [1.29, 1.82) is 0 Å². The van der Waals surface area contributed by atoms with Crippen LogP contribution in [0.25, 0.3) is 0 Å². The Balaban J connectivity index is 1.49. The maximum absolute atomic E-state index is 12.9. The molecule has 3 rings (SSSR count). The summed E-state index contributed by atoms with van der Waals surface area (Å²) in [6, 6.07) is 9.94. The Morgan fingerprint density at radius 3 is 2.69 bits per heavy atom. The van der Waals surface area contributed by atoms with Crippen molar-refractivity contribution in [2.75, 3.05) is 19.7 Å². The molecule has 1 fully saturated rings. The minimum Gasteiger partial charge on any atom is -0.493 e. The molecule has 0 N–H and O–H groups in total. The smallest absolute Gasteiger partial charge is 0.265 e. The van der Waals surface area contributed by atoms with Gasteiger partial charge < -0.3 is 9.64 Å². The van der Waals surface area contributed by atoms with Crippen molar-refractivity contribution in [3.05, 3.63) is 45.9 Å². The zero-order chi connectivity index (χ0) is 18.4. The standard InChI is InChI=1S/C21H28N2O2S/c1-3-4-10-19-22-16(2)20(26-19)21(24)23-13-11-17(12-14-23)15-25-18-8-6-5-7-9-18/h5-9,17H,3-4,10-15H2,1-2H3. The summed E-state index contributed by atoms with van der Waals surface area (Å²) in [4.78, 5) is 20.3. The van der Waals surface area contributed by atoms with Crippen LogP contribution < -0.4 is 4.74 Å². The molecule has 2 heterocycles. The van der Waals surface area contributed by atoms with Crippen molar-refractivity contribution in [1.82, 2.24) is 9.88 Å². The number of piperidine rings is 1. The molecule has 140 valence electrons. The monoisotopic (exact) mass is 372 g/mol. The molecule has 5 heteroatoms. The molecule has 1 aromatic carbocycles. The molecule has 1 amide bonds. The third-order valence-electron chi connectivity index (χ3n) is 4.91. The fourth-order valence-electron chi connectivity index (χ4n) is 3.26. The topological polar surface area (TPSA) is 42.4 Å². The van der Waals surface area contributed by atoms with E-state index < -0.39 is 0 Å². The second-order valence-electron chi connectivity index (χ2n) is 6.99. The number of ether oxygens (including phenoxy) is 1. The predicted molar refractivity (Wildman–Crippen MR) is 106 cm³/mol. The Kier molecular flexibility index (Phi) is 6.67. The molecule has 0 atom stereocenters. The number of thiazole rings is 1. The van der Waals surface area contributed by atoms with Gasteiger partial charge in [0, 0.05) is 13.1 Å². The number of amides is 1. The lowest BCUT2D eigenvalue weighted by atomic mass is 9.97. The largest absolute Gasteiger partial charge is 0.493 e. The van der Waals surface area contributed by atoms with E-state index in [0.29, 0.717) is 5.92 Å². The average Bonchev–Trinajstić information content (AvgIpc) is 3.06. The predicted octanol–water partition coefficient (Wildman–Crippen LogP) is 4.73. The first-order chi connectivity index (χ1) is 12.7. The van der Waals surface area contributed by atoms with Gasteiger partial charge >= 0.3 is 0 Å². The van der Waals surface area contributed by atoms with Gasteiger partial charge in [0.15, 0.2) is 0 Å². The first kappa shape index (κ1) is 18.9. The Labute approximate surface area is 160 Å². The van der Waals surface area contributed by atoms with Crippen LogP contribution in [0.1, 0.15) is 53.0 Å². The normalized spacial score (nSPS) is 15.2. The molecule has 26 heavy (non-hydrogen) atoms. The van der Waals surface area contributed by atoms with Crippen LogP contribution in [0.4, 0.5) is 0 Å². The average molecular weight is 373 g/mol. The van der Waals surface area contributed by atoms with E-state index in [1.807, 2.05) is 42.2 Å². The second-order valence-corrected chi connectivity index (χ2v) is 8.07. The van der Waals surface area contributed by atoms with Crippen LogP contribution in [-0.4, -0.2) is 35.5 Å². The van der Waals surface area contributed by atoms with E-state index in [4.69, 9.17) is 4.74 Å². The molecule has 0 aliphatic carbocycles. The van der Waals surface area contributed by atoms with Gasteiger partial charge in [-0.05, 0) is 50.7 Å². The van der Waals surface area contributed by atoms with Gasteiger partial charge in [-0.3, -0.25) is 4.79 Å². The first-order valence-corrected chi connectivity index (χ1v) is 10.4. The minimum absolute atomic E-state index is 0.158. The quantitative estimate of drug-likeness (QED) is 0.706. The van der Waals surface area contributed by atoms with Crippen LogP contribution in [0, 0.1) is 12.8 Å². The minimum atomic E-state index is 0.158. The third-order valence-corrected chi connectivity index (χ3v) is 6.12. The van der Waals surface area contributed by atoms with Crippen LogP contribution in [0.2, 0.25) is 0 Å². The van der Waals surface area contributed by atoms with Crippen molar-refractivity contribution in [3.8, 4) is 5.75 Å². The van der Waals surface area contributed by atoms with Gasteiger partial charge in [0.25, 0.3) is 5.91 Å². The summed E-state index contributed by atoms with van der Waals surface area (Å²) in [5.74, 6) is 1.60. The molecule has 1 aromatic heterocycles. The Morgan fingerprint density at radius 2 is 2.00 bits per heavy atom. The number of unbranched alkanes of at least 4 members (excludes halogenated alkanes) is 1. The van der Waals surface area contributed by atoms with E-state index in [0.717, 1.165) is 73.1 Å². The molecular formula is C21H28N2O2S. The highest BCUT2D eigenvalue weighted by atomic mass is 32.1. The van der Waals surface area contributed by atoms with Crippen LogP contribution >= 0.6 is 11.3 Å². The van der Waals surface area contributed by atoms with E-state index in [-0.39, 0.29) is 5.91 Å². The summed E-state index contributed by atoms with van der Waals surface area (Å²) in [7, 11) is 0. The summed E-state index contributed by atoms with van der Waals surface area (Å²) in [6.07, 6.45) is 5.26. The number of nitrogens with zero attached hydrogens (tertiary/aromatic N) is 2. The Morgan fingerprint density at radius 1 is 1.27 bits per heavy atom. The maximum atomic E-state index is 12.9. The second kappa shape index (κ2) is 9.17. The van der Waals surface area contributed by atoms with E-state index >= 15 is 0 Å². The number of benzene rings is 1. The van der Waals surface area contributed by atoms with E-state index in [2.05, 4.69) is 11.9 Å². The SMILES string of the molecule is CCCCc1nc(C)c(C(=O)N2CCC(COc3ccccc3)CC2)s1. The number of hydrogen-bond acceptors (Lipinski definition) is 4. The molecule has 0 spiro atoms. The van der Waals surface area contributed by atoms with Gasteiger partial charge in [-0.15, -0.1) is 11.3 Å². The van der Waals surface area contributed by atoms with Crippen molar-refractivity contribution in [3.63, 3.8) is 0 Å². The summed E-state index contributed by atoms with van der Waals surface area (Å²) in [5.41, 5.74) is 0.889. The summed E-state index contributed by atoms with van der Waals surface area (Å²) in [6.45, 7) is 6.48. The molecule has 1 aliphatic heterocycles. The lowest BCUT2D eigenvalue weighted by Gasteiger charge is -2.31. The Hall–Kier alpha value is -1.88. The first-order valence-electron chi connectivity index (χ1n) is 9.60. The summed E-state index contributed by atoms with van der Waals surface area (Å²) < 4.78 is 5.87. The highest BCUT2D eigenvalue weighted by molar-refractivity contribution is 7.13. The van der Waals surface area contributed by atoms with Crippen LogP contribution in [0.15, 0.2) is 30.3 Å². The van der Waals surface area contributed by atoms with Crippen LogP contribution in [-0.2, 0) is 6.42 Å². The van der Waals surface area contributed by atoms with Crippen LogP contribution in [0.5, 0.6) is 5.75 Å². The van der Waals surface area contributed by atoms with Crippen molar-refractivity contribution in [2.24, 2.45) is 5.92 Å². The number of para-hydroxylation sites is 1. The van der Waals surface area contributed by atoms with E-state index in [9.17, 15) is 4.79 Å². The van der Waals surface area contributed by atoms with Crippen LogP contribution in [0.3, 0.4) is 0 Å². The molecule has 1 aliphatic rings. The zero-order valence-corrected chi connectivity index (χ0v) is 16.6. The van der Waals surface area contributed by atoms with Gasteiger partial charge in [0.2, 0.25) is 0 Å². The molecule has 0 bridgehead atoms. The number of carbonyl (C=O) groups excluding carboxylic acids is 1. The highest BCUT2D eigenvalue weighted by Gasteiger charge is 2.26. The highest BCUT2D eigenvalue weighted by Crippen LogP contribution is 2.25. The maximum Gasteiger partial charge on any atom is 0.265 e. The molecule has 0 saturated carbocycles. The summed E-state index contributed by atoms with van der Waals surface area (Å²) in [5, 5.41) is 1.10. The lowest BCUT2D eigenvalue weighted by molar-refractivity contribution is 0.0665. The van der Waals surface area contributed by atoms with Crippen molar-refractivity contribution >= 4 is 17.2 Å². The molecule has 4 nitrogen and oxygen atoms in total. The van der Waals surface area contributed by atoms with Gasteiger partial charge in [0.1, 0.15) is 10.6 Å². The van der Waals surface area contributed by atoms with Crippen molar-refractivity contribution < 1.29 is 9.53 Å². The number of hydrogen-bond donors (Lipinski definition) is 0. The number of aryl methyl sites for hydroxylation is 2. The number of carbonyl (C=O) groups is 1. The summed E-state index contributed by atoms with van der Waals surface area (Å²) >= 11 is 1.58. The van der Waals surface area contributed by atoms with Crippen molar-refractivity contribution in [2.45, 2.75) is 46.0 Å². The molecular weight excluding hydrogens is 344 g/mol. The molecule has 2 aromatic rings. The van der Waals surface area contributed by atoms with E-state index in [1.165, 1.54) is 0 Å². The molecule has 0 radical (unpaired) electrons. The van der Waals surface area contributed by atoms with Gasteiger partial charge in [-0.2, -0.15) is 0 Å². The molecule has 1 saturated heterocycles. The van der Waals surface area contributed by atoms with Gasteiger partial charge in [-0.25, -0.2) is 4.98 Å². The Bertz CT molecular complexity index is 706. The number of aromatic nitrogens is 1. The lowest BCUT2D eigenvalue weighted by Crippen LogP contribution is -2.39. The zero-order valence-electron chi connectivity index (χ0n) is 15.7. The van der Waals surface area contributed by atoms with E-state index in [1.54, 1.807) is 11.3 Å². The van der Waals surface area contributed by atoms with Gasteiger partial charge in [-0.1, -0.05) is 31.5 Å². The fourth-order valence-corrected chi connectivity index (χ4v) is 4.34. The molecule has 0 unspecified atom stereocenters. The number of likely N-dealkylation sites (tertiary alicyclic amines) is 1.